The number of nitrogens with two attached hydrogens (primary N) is 1. The smallest absolute Gasteiger partial charge is 0.716 e. The van der Waals surface area contributed by atoms with Gasteiger partial charge < -0.3 is 24.4 Å². The van der Waals surface area contributed by atoms with Crippen LogP contribution in [0.2, 0.25) is 0 Å². The molecule has 0 aliphatic rings. The van der Waals surface area contributed by atoms with Gasteiger partial charge in [0.25, 0.3) is 10.4 Å². The largest absolute Gasteiger partial charge is 1.00 e. The van der Waals surface area contributed by atoms with Crippen LogP contribution in [-0.4, -0.2) is 25.0 Å². The molecule has 0 aliphatic carbocycles. The minimum Gasteiger partial charge on any atom is -0.716 e. The predicted molar refractivity (Wildman–Crippen MR) is 53.5 cm³/mol. The van der Waals surface area contributed by atoms with E-state index in [1.807, 2.05) is 0 Å². The van der Waals surface area contributed by atoms with Crippen LogP contribution in [0.25, 0.3) is 0 Å². The Morgan fingerprint density at radius 1 is 1.26 bits per heavy atom. The minimum absolute atomic E-state index is 0. The van der Waals surface area contributed by atoms with Gasteiger partial charge in [0.1, 0.15) is 5.75 Å². The van der Waals surface area contributed by atoms with E-state index in [4.69, 9.17) is 5.73 Å². The number of aliphatic carboxylic acids is 1. The van der Waals surface area contributed by atoms with E-state index < -0.39 is 22.4 Å². The SMILES string of the molecule is N[C@H](Cc1ccc(OS(=O)(=O)[O-])cc1)C(=O)[O-].[Na+].[Na+]. The van der Waals surface area contributed by atoms with Crippen LogP contribution in [0.1, 0.15) is 5.56 Å². The molecule has 1 rings (SSSR count). The van der Waals surface area contributed by atoms with Crippen molar-refractivity contribution in [3.8, 4) is 5.75 Å². The number of carboxylic acid groups (broad SMARTS) is 1. The maximum absolute atomic E-state index is 10.4. The molecule has 2 N–H and O–H groups in total. The molecule has 0 amide bonds. The average molecular weight is 305 g/mol. The molecule has 1 aromatic carbocycles. The maximum atomic E-state index is 10.4. The summed E-state index contributed by atoms with van der Waals surface area (Å²) in [4.78, 5) is 10.4. The van der Waals surface area contributed by atoms with Crippen molar-refractivity contribution in [1.82, 2.24) is 0 Å². The van der Waals surface area contributed by atoms with E-state index in [1.54, 1.807) is 0 Å². The van der Waals surface area contributed by atoms with Crippen molar-refractivity contribution in [2.75, 3.05) is 0 Å². The third-order valence-electron chi connectivity index (χ3n) is 1.88. The van der Waals surface area contributed by atoms with Gasteiger partial charge in [0, 0.05) is 6.04 Å². The molecule has 0 saturated carbocycles. The Bertz CT molecular complexity index is 504. The van der Waals surface area contributed by atoms with Crippen LogP contribution in [-0.2, 0) is 21.6 Å². The van der Waals surface area contributed by atoms with Crippen molar-refractivity contribution in [2.24, 2.45) is 5.73 Å². The number of hydrogen-bond donors (Lipinski definition) is 1. The molecule has 94 valence electrons. The number of carboxylic acids is 1. The van der Waals surface area contributed by atoms with Gasteiger partial charge in [-0.05, 0) is 24.1 Å². The molecule has 0 aliphatic heterocycles. The van der Waals surface area contributed by atoms with Gasteiger partial charge in [0.15, 0.2) is 0 Å². The summed E-state index contributed by atoms with van der Waals surface area (Å²) in [6.45, 7) is 0. The van der Waals surface area contributed by atoms with Crippen molar-refractivity contribution < 1.29 is 86.2 Å². The van der Waals surface area contributed by atoms with Crippen molar-refractivity contribution in [3.63, 3.8) is 0 Å². The standard InChI is InChI=1S/C9H11NO6S.2Na/c10-8(9(11)12)5-6-1-3-7(4-2-6)16-17(13,14)15;;/h1-4,8H,5,10H2,(H,11,12)(H,13,14,15);;/q;2*+1/p-2/t8-;;/m1../s1. The van der Waals surface area contributed by atoms with Crippen LogP contribution < -0.4 is 74.1 Å². The molecule has 0 spiro atoms. The molecule has 10 heteroatoms. The Labute approximate surface area is 155 Å². The molecule has 0 saturated heterocycles. The molecule has 0 aromatic heterocycles. The van der Waals surface area contributed by atoms with Crippen molar-refractivity contribution in [1.29, 1.82) is 0 Å². The molecule has 0 heterocycles. The van der Waals surface area contributed by atoms with Gasteiger partial charge >= 0.3 is 59.1 Å². The number of carbonyl (C=O) groups is 1. The van der Waals surface area contributed by atoms with Crippen molar-refractivity contribution in [3.05, 3.63) is 29.8 Å². The molecule has 1 atom stereocenters. The Balaban J connectivity index is 0. The van der Waals surface area contributed by atoms with Crippen LogP contribution >= 0.6 is 0 Å². The fourth-order valence-corrected chi connectivity index (χ4v) is 1.48. The summed E-state index contributed by atoms with van der Waals surface area (Å²) in [5.41, 5.74) is 5.80. The van der Waals surface area contributed by atoms with Crippen molar-refractivity contribution in [2.45, 2.75) is 12.5 Å². The zero-order chi connectivity index (χ0) is 13.1. The normalized spacial score (nSPS) is 11.7. The third kappa shape index (κ3) is 9.01. The summed E-state index contributed by atoms with van der Waals surface area (Å²) in [5, 5.41) is 10.4. The quantitative estimate of drug-likeness (QED) is 0.324. The molecule has 7 nitrogen and oxygen atoms in total. The number of hydrogen-bond acceptors (Lipinski definition) is 7. The van der Waals surface area contributed by atoms with Gasteiger partial charge in [-0.25, -0.2) is 8.42 Å². The fraction of sp³-hybridized carbons (Fsp3) is 0.222. The van der Waals surface area contributed by atoms with Crippen molar-refractivity contribution >= 4 is 16.4 Å². The Morgan fingerprint density at radius 2 is 1.74 bits per heavy atom. The Hall–Kier alpha value is 0.360. The first kappa shape index (κ1) is 21.7. The average Bonchev–Trinajstić information content (AvgIpc) is 2.18. The van der Waals surface area contributed by atoms with Gasteiger partial charge in [-0.1, -0.05) is 12.1 Å². The topological polar surface area (TPSA) is 133 Å². The summed E-state index contributed by atoms with van der Waals surface area (Å²) in [6.07, 6.45) is 0.0345. The second-order valence-corrected chi connectivity index (χ2v) is 4.25. The van der Waals surface area contributed by atoms with Gasteiger partial charge in [-0.2, -0.15) is 0 Å². The van der Waals surface area contributed by atoms with Gasteiger partial charge in [-0.3, -0.25) is 0 Å². The second-order valence-electron chi connectivity index (χ2n) is 3.27. The minimum atomic E-state index is -4.81. The first-order chi connectivity index (χ1) is 7.78. The summed E-state index contributed by atoms with van der Waals surface area (Å²) >= 11 is 0. The van der Waals surface area contributed by atoms with E-state index in [0.29, 0.717) is 5.56 Å². The Kier molecular flexibility index (Phi) is 10.6. The van der Waals surface area contributed by atoms with E-state index in [0.717, 1.165) is 0 Å². The van der Waals surface area contributed by atoms with Crippen LogP contribution in [0, 0.1) is 0 Å². The fourth-order valence-electron chi connectivity index (χ4n) is 1.14. The van der Waals surface area contributed by atoms with E-state index in [9.17, 15) is 22.9 Å². The molecule has 0 radical (unpaired) electrons. The summed E-state index contributed by atoms with van der Waals surface area (Å²) in [6, 6.07) is 4.12. The third-order valence-corrected chi connectivity index (χ3v) is 2.28. The van der Waals surface area contributed by atoms with Gasteiger partial charge in [-0.15, -0.1) is 0 Å². The van der Waals surface area contributed by atoms with Crippen LogP contribution in [0.15, 0.2) is 24.3 Å². The summed E-state index contributed by atoms with van der Waals surface area (Å²) in [5.74, 6) is -1.53. The molecule has 1 aromatic rings. The predicted octanol–water partition coefficient (Wildman–Crippen LogP) is -7.85. The van der Waals surface area contributed by atoms with Crippen LogP contribution in [0.3, 0.4) is 0 Å². The van der Waals surface area contributed by atoms with E-state index in [-0.39, 0.29) is 71.3 Å². The van der Waals surface area contributed by atoms with Crippen LogP contribution in [0.5, 0.6) is 5.75 Å². The first-order valence-corrected chi connectivity index (χ1v) is 5.82. The first-order valence-electron chi connectivity index (χ1n) is 4.48. The van der Waals surface area contributed by atoms with Gasteiger partial charge in [0.2, 0.25) is 0 Å². The van der Waals surface area contributed by atoms with E-state index >= 15 is 0 Å². The summed E-state index contributed by atoms with van der Waals surface area (Å²) < 4.78 is 34.9. The zero-order valence-electron chi connectivity index (χ0n) is 10.5. The number of benzene rings is 1. The number of carbonyl (C=O) groups excluding carboxylic acids is 1. The molecule has 0 bridgehead atoms. The molecular weight excluding hydrogens is 296 g/mol. The molecule has 0 unspecified atom stereocenters. The molecular formula is C9H9NNa2O6S. The zero-order valence-corrected chi connectivity index (χ0v) is 15.3. The van der Waals surface area contributed by atoms with E-state index in [1.165, 1.54) is 24.3 Å². The molecule has 0 fully saturated rings. The maximum Gasteiger partial charge on any atom is 1.00 e. The second kappa shape index (κ2) is 9.32. The molecule has 19 heavy (non-hydrogen) atoms. The van der Waals surface area contributed by atoms with E-state index in [2.05, 4.69) is 4.18 Å². The van der Waals surface area contributed by atoms with Gasteiger partial charge in [0.05, 0.1) is 5.97 Å². The summed E-state index contributed by atoms with van der Waals surface area (Å²) in [7, 11) is -4.81. The Morgan fingerprint density at radius 3 is 2.11 bits per heavy atom. The number of rotatable bonds is 5. The van der Waals surface area contributed by atoms with Crippen LogP contribution in [0.4, 0.5) is 0 Å². The monoisotopic (exact) mass is 305 g/mol.